The van der Waals surface area contributed by atoms with E-state index in [0.29, 0.717) is 12.1 Å². The Bertz CT molecular complexity index is 312. The summed E-state index contributed by atoms with van der Waals surface area (Å²) in [5.41, 5.74) is 0. The molecular formula is C13H23N3OS. The average Bonchev–Trinajstić information content (AvgIpc) is 2.93. The summed E-state index contributed by atoms with van der Waals surface area (Å²) in [6, 6.07) is 0.351. The maximum absolute atomic E-state index is 5.86. The lowest BCUT2D eigenvalue weighted by atomic mass is 10.1. The molecule has 2 rings (SSSR count). The molecule has 1 saturated heterocycles. The van der Waals surface area contributed by atoms with Gasteiger partial charge in [-0.25, -0.2) is 4.98 Å². The quantitative estimate of drug-likeness (QED) is 0.743. The minimum Gasteiger partial charge on any atom is -0.378 e. The Labute approximate surface area is 113 Å². The van der Waals surface area contributed by atoms with E-state index in [-0.39, 0.29) is 0 Å². The second kappa shape index (κ2) is 7.84. The van der Waals surface area contributed by atoms with Gasteiger partial charge < -0.3 is 15.4 Å². The monoisotopic (exact) mass is 269 g/mol. The van der Waals surface area contributed by atoms with E-state index in [1.807, 2.05) is 11.6 Å². The van der Waals surface area contributed by atoms with E-state index in [1.165, 1.54) is 0 Å². The van der Waals surface area contributed by atoms with Crippen molar-refractivity contribution >= 4 is 11.3 Å². The first-order valence-corrected chi connectivity index (χ1v) is 7.69. The predicted molar refractivity (Wildman–Crippen MR) is 75.0 cm³/mol. The molecule has 1 unspecified atom stereocenters. The van der Waals surface area contributed by atoms with E-state index in [4.69, 9.17) is 4.74 Å². The van der Waals surface area contributed by atoms with Gasteiger partial charge in [0.2, 0.25) is 0 Å². The first-order chi connectivity index (χ1) is 8.86. The lowest BCUT2D eigenvalue weighted by Crippen LogP contribution is -2.33. The number of hydrogen-bond donors (Lipinski definition) is 2. The van der Waals surface area contributed by atoms with Crippen molar-refractivity contribution in [3.8, 4) is 0 Å². The van der Waals surface area contributed by atoms with Crippen LogP contribution in [0.2, 0.25) is 0 Å². The second-order valence-corrected chi connectivity index (χ2v) is 5.65. The lowest BCUT2D eigenvalue weighted by Gasteiger charge is -2.23. The molecule has 1 fully saturated rings. The van der Waals surface area contributed by atoms with Crippen molar-refractivity contribution in [2.75, 3.05) is 26.2 Å². The number of hydrogen-bond acceptors (Lipinski definition) is 5. The molecule has 102 valence electrons. The number of thiazole rings is 1. The molecule has 0 spiro atoms. The van der Waals surface area contributed by atoms with Crippen LogP contribution in [0, 0.1) is 0 Å². The molecule has 0 radical (unpaired) electrons. The van der Waals surface area contributed by atoms with E-state index in [0.717, 1.165) is 50.5 Å². The number of piperidine rings is 1. The molecule has 1 aliphatic heterocycles. The molecule has 1 atom stereocenters. The van der Waals surface area contributed by atoms with Crippen LogP contribution in [0.15, 0.2) is 11.6 Å². The van der Waals surface area contributed by atoms with E-state index in [2.05, 4.69) is 22.5 Å². The first kappa shape index (κ1) is 13.9. The molecule has 2 N–H and O–H groups in total. The van der Waals surface area contributed by atoms with Gasteiger partial charge in [0.15, 0.2) is 0 Å². The van der Waals surface area contributed by atoms with Gasteiger partial charge in [0.25, 0.3) is 0 Å². The van der Waals surface area contributed by atoms with E-state index >= 15 is 0 Å². The molecule has 1 aromatic heterocycles. The van der Waals surface area contributed by atoms with Crippen LogP contribution in [0.4, 0.5) is 0 Å². The number of nitrogens with zero attached hydrogens (tertiary/aromatic N) is 1. The third kappa shape index (κ3) is 4.65. The zero-order valence-corrected chi connectivity index (χ0v) is 11.8. The van der Waals surface area contributed by atoms with Crippen molar-refractivity contribution in [1.82, 2.24) is 15.6 Å². The summed E-state index contributed by atoms with van der Waals surface area (Å²) in [6.45, 7) is 6.22. The van der Waals surface area contributed by atoms with Crippen LogP contribution in [0.25, 0.3) is 0 Å². The summed E-state index contributed by atoms with van der Waals surface area (Å²) in [5, 5.41) is 10.0. The van der Waals surface area contributed by atoms with Crippen LogP contribution < -0.4 is 10.6 Å². The van der Waals surface area contributed by atoms with Crippen molar-refractivity contribution in [2.24, 2.45) is 0 Å². The highest BCUT2D eigenvalue weighted by molar-refractivity contribution is 7.09. The van der Waals surface area contributed by atoms with Gasteiger partial charge >= 0.3 is 0 Å². The highest BCUT2D eigenvalue weighted by Gasteiger charge is 2.12. The number of ether oxygens (including phenoxy) is 1. The van der Waals surface area contributed by atoms with Crippen LogP contribution >= 0.6 is 11.3 Å². The van der Waals surface area contributed by atoms with Crippen LogP contribution in [-0.4, -0.2) is 37.3 Å². The molecule has 1 aliphatic rings. The summed E-state index contributed by atoms with van der Waals surface area (Å²) in [7, 11) is 0. The van der Waals surface area contributed by atoms with Gasteiger partial charge in [-0.3, -0.25) is 0 Å². The molecule has 2 heterocycles. The van der Waals surface area contributed by atoms with Crippen molar-refractivity contribution in [2.45, 2.75) is 38.3 Å². The highest BCUT2D eigenvalue weighted by atomic mass is 32.1. The second-order valence-electron chi connectivity index (χ2n) is 4.72. The number of rotatable bonds is 7. The van der Waals surface area contributed by atoms with Crippen molar-refractivity contribution in [1.29, 1.82) is 0 Å². The molecule has 1 aromatic rings. The van der Waals surface area contributed by atoms with Gasteiger partial charge in [-0.15, -0.1) is 11.3 Å². The number of aromatic nitrogens is 1. The minimum absolute atomic E-state index is 0.351. The van der Waals surface area contributed by atoms with Gasteiger partial charge in [0.05, 0.1) is 12.1 Å². The Balaban J connectivity index is 1.50. The molecule has 0 aromatic carbocycles. The predicted octanol–water partition coefficient (Wildman–Crippen LogP) is 1.95. The summed E-state index contributed by atoms with van der Waals surface area (Å²) in [4.78, 5) is 4.31. The molecule has 4 nitrogen and oxygen atoms in total. The Kier molecular flexibility index (Phi) is 6.07. The Morgan fingerprint density at radius 1 is 1.56 bits per heavy atom. The van der Waals surface area contributed by atoms with Gasteiger partial charge in [-0.1, -0.05) is 0 Å². The smallest absolute Gasteiger partial charge is 0.109 e. The van der Waals surface area contributed by atoms with E-state index in [9.17, 15) is 0 Å². The lowest BCUT2D eigenvalue weighted by molar-refractivity contribution is 0.0316. The standard InChI is InChI=1S/C13H23N3OS/c1-11(13-16-8-10-18-13)15-5-2-9-17-12-3-6-14-7-4-12/h8,10-12,14-15H,2-7,9H2,1H3. The minimum atomic E-state index is 0.351. The maximum atomic E-state index is 5.86. The third-order valence-corrected chi connectivity index (χ3v) is 4.19. The van der Waals surface area contributed by atoms with Crippen LogP contribution in [-0.2, 0) is 4.74 Å². The van der Waals surface area contributed by atoms with Crippen LogP contribution in [0.3, 0.4) is 0 Å². The van der Waals surface area contributed by atoms with Crippen molar-refractivity contribution in [3.05, 3.63) is 16.6 Å². The summed E-state index contributed by atoms with van der Waals surface area (Å²) in [5.74, 6) is 0. The summed E-state index contributed by atoms with van der Waals surface area (Å²) >= 11 is 1.71. The van der Waals surface area contributed by atoms with Crippen LogP contribution in [0.5, 0.6) is 0 Å². The Morgan fingerprint density at radius 2 is 2.39 bits per heavy atom. The molecule has 0 amide bonds. The topological polar surface area (TPSA) is 46.2 Å². The largest absolute Gasteiger partial charge is 0.378 e. The Hall–Kier alpha value is -0.490. The van der Waals surface area contributed by atoms with Crippen molar-refractivity contribution in [3.63, 3.8) is 0 Å². The maximum Gasteiger partial charge on any atom is 0.109 e. The Morgan fingerprint density at radius 3 is 3.11 bits per heavy atom. The van der Waals surface area contributed by atoms with Gasteiger partial charge in [-0.2, -0.15) is 0 Å². The fourth-order valence-electron chi connectivity index (χ4n) is 2.14. The summed E-state index contributed by atoms with van der Waals surface area (Å²) in [6.07, 6.45) is 5.71. The van der Waals surface area contributed by atoms with E-state index in [1.54, 1.807) is 11.3 Å². The zero-order chi connectivity index (χ0) is 12.6. The van der Waals surface area contributed by atoms with Gasteiger partial charge in [-0.05, 0) is 45.8 Å². The van der Waals surface area contributed by atoms with Crippen molar-refractivity contribution < 1.29 is 4.74 Å². The molecule has 0 bridgehead atoms. The summed E-state index contributed by atoms with van der Waals surface area (Å²) < 4.78 is 5.86. The number of nitrogens with one attached hydrogen (secondary N) is 2. The fourth-order valence-corrected chi connectivity index (χ4v) is 2.81. The van der Waals surface area contributed by atoms with Gasteiger partial charge in [0.1, 0.15) is 5.01 Å². The highest BCUT2D eigenvalue weighted by Crippen LogP contribution is 2.14. The normalized spacial score (nSPS) is 18.9. The molecular weight excluding hydrogens is 246 g/mol. The average molecular weight is 269 g/mol. The van der Waals surface area contributed by atoms with E-state index < -0.39 is 0 Å². The van der Waals surface area contributed by atoms with Crippen LogP contribution in [0.1, 0.15) is 37.2 Å². The SMILES string of the molecule is CC(NCCCOC1CCNCC1)c1nccs1. The fraction of sp³-hybridized carbons (Fsp3) is 0.769. The molecule has 5 heteroatoms. The zero-order valence-electron chi connectivity index (χ0n) is 11.0. The third-order valence-electron chi connectivity index (χ3n) is 3.23. The molecule has 0 saturated carbocycles. The molecule has 0 aliphatic carbocycles. The first-order valence-electron chi connectivity index (χ1n) is 6.81. The molecule has 18 heavy (non-hydrogen) atoms. The van der Waals surface area contributed by atoms with Gasteiger partial charge in [0, 0.05) is 18.2 Å².